The molecule has 0 saturated carbocycles. The Morgan fingerprint density at radius 1 is 0.610 bits per heavy atom. The van der Waals surface area contributed by atoms with Crippen LogP contribution in [0.25, 0.3) is 10.9 Å². The molecule has 0 amide bonds. The first kappa shape index (κ1) is 40.5. The molecule has 0 spiro atoms. The molecule has 2 heterocycles. The number of methoxy groups -OCH3 is 1. The number of ether oxygens (including phenoxy) is 6. The van der Waals surface area contributed by atoms with E-state index in [9.17, 15) is 5.11 Å². The summed E-state index contributed by atoms with van der Waals surface area (Å²) in [6.45, 7) is 1.53. The number of rotatable bonds is 17. The average molecular weight is 810 g/mol. The summed E-state index contributed by atoms with van der Waals surface area (Å²) in [6.07, 6.45) is -2.34. The Hall–Kier alpha value is -5.29. The Balaban J connectivity index is 1.23. The van der Waals surface area contributed by atoms with E-state index in [1.165, 1.54) is 0 Å². The molecule has 8 rings (SSSR count). The highest BCUT2D eigenvalue weighted by Crippen LogP contribution is 2.41. The minimum absolute atomic E-state index is 0.211. The third kappa shape index (κ3) is 9.95. The highest BCUT2D eigenvalue weighted by Gasteiger charge is 2.49. The van der Waals surface area contributed by atoms with Gasteiger partial charge in [-0.25, -0.2) is 0 Å². The number of hydrogen-bond acceptors (Lipinski definition) is 7. The number of hydrogen-bond donors (Lipinski definition) is 1. The summed E-state index contributed by atoms with van der Waals surface area (Å²) in [6, 6.07) is 53.4. The quantitative estimate of drug-likeness (QED) is 0.0981. The van der Waals surface area contributed by atoms with E-state index >= 15 is 0 Å². The van der Waals surface area contributed by atoms with Crippen molar-refractivity contribution in [1.29, 1.82) is 0 Å². The number of aliphatic hydroxyl groups excluding tert-OH is 1. The van der Waals surface area contributed by atoms with E-state index in [2.05, 4.69) is 0 Å². The number of fused-ring (bicyclic) bond motifs is 1. The Kier molecular flexibility index (Phi) is 13.5. The van der Waals surface area contributed by atoms with Crippen molar-refractivity contribution in [2.24, 2.45) is 0 Å². The zero-order valence-electron chi connectivity index (χ0n) is 32.9. The van der Waals surface area contributed by atoms with Gasteiger partial charge in [0.2, 0.25) is 0 Å². The molecule has 1 fully saturated rings. The molecule has 9 heteroatoms. The van der Waals surface area contributed by atoms with Crippen LogP contribution in [-0.2, 0) is 50.1 Å². The maximum Gasteiger partial charge on any atom is 0.163 e. The Labute approximate surface area is 350 Å². The van der Waals surface area contributed by atoms with E-state index in [1.807, 2.05) is 175 Å². The highest BCUT2D eigenvalue weighted by atomic mass is 35.5. The lowest BCUT2D eigenvalue weighted by molar-refractivity contribution is -0.289. The molecule has 1 aliphatic rings. The first-order valence-corrected chi connectivity index (χ1v) is 20.3. The predicted molar refractivity (Wildman–Crippen MR) is 229 cm³/mol. The highest BCUT2D eigenvalue weighted by molar-refractivity contribution is 6.31. The predicted octanol–water partition coefficient (Wildman–Crippen LogP) is 10.3. The van der Waals surface area contributed by atoms with Crippen molar-refractivity contribution in [3.8, 4) is 5.75 Å². The van der Waals surface area contributed by atoms with Crippen molar-refractivity contribution in [3.63, 3.8) is 0 Å². The smallest absolute Gasteiger partial charge is 0.163 e. The van der Waals surface area contributed by atoms with Crippen LogP contribution in [0.5, 0.6) is 5.75 Å². The van der Waals surface area contributed by atoms with Gasteiger partial charge in [0.25, 0.3) is 0 Å². The van der Waals surface area contributed by atoms with Crippen molar-refractivity contribution >= 4 is 22.5 Å². The maximum atomic E-state index is 12.0. The van der Waals surface area contributed by atoms with Gasteiger partial charge in [0, 0.05) is 22.2 Å². The minimum atomic E-state index is -0.963. The van der Waals surface area contributed by atoms with Crippen LogP contribution < -0.4 is 4.74 Å². The zero-order valence-corrected chi connectivity index (χ0v) is 33.6. The Bertz CT molecular complexity index is 2340. The van der Waals surface area contributed by atoms with Gasteiger partial charge in [0.15, 0.2) is 6.23 Å². The number of benzene rings is 6. The van der Waals surface area contributed by atoms with Crippen LogP contribution in [0.15, 0.2) is 170 Å². The molecule has 1 aliphatic heterocycles. The third-order valence-corrected chi connectivity index (χ3v) is 10.9. The molecule has 1 unspecified atom stereocenters. The summed E-state index contributed by atoms with van der Waals surface area (Å²) >= 11 is 6.74. The molecule has 6 atom stereocenters. The molecule has 1 aromatic heterocycles. The summed E-state index contributed by atoms with van der Waals surface area (Å²) in [5.41, 5.74) is 6.25. The van der Waals surface area contributed by atoms with Crippen LogP contribution in [-0.4, -0.2) is 47.8 Å². The van der Waals surface area contributed by atoms with E-state index in [4.69, 9.17) is 40.0 Å². The van der Waals surface area contributed by atoms with Gasteiger partial charge in [-0.15, -0.1) is 0 Å². The van der Waals surface area contributed by atoms with Crippen LogP contribution in [0.3, 0.4) is 0 Å². The van der Waals surface area contributed by atoms with Gasteiger partial charge in [0.1, 0.15) is 36.3 Å². The van der Waals surface area contributed by atoms with E-state index in [1.54, 1.807) is 7.11 Å². The number of nitrogens with zero attached hydrogens (tertiary/aromatic N) is 1. The lowest BCUT2D eigenvalue weighted by Crippen LogP contribution is -2.59. The molecule has 7 aromatic rings. The van der Waals surface area contributed by atoms with Crippen LogP contribution in [0.4, 0.5) is 0 Å². The third-order valence-electron chi connectivity index (χ3n) is 10.7. The van der Waals surface area contributed by atoms with E-state index in [0.717, 1.165) is 33.2 Å². The van der Waals surface area contributed by atoms with Crippen molar-refractivity contribution in [2.75, 3.05) is 13.7 Å². The molecule has 8 nitrogen and oxygen atoms in total. The lowest BCUT2D eigenvalue weighted by atomic mass is 9.96. The standard InChI is InChI=1S/C50H48ClNO7/c1-54-41-25-22-39(23-26-41)46(53)43-29-52(44-28-40(51)24-27-42(43)44)50-49(58-33-38-20-12-5-13-21-38)48(57-32-37-18-10-4-11-19-37)47(56-31-36-16-8-3-9-17-36)45(59-50)34-55-30-35-14-6-2-7-15-35/h2-29,45-50,53H,30-34H2,1H3/t45-,46?,47-,48+,49-,50-/m1/s1. The summed E-state index contributed by atoms with van der Waals surface area (Å²) in [7, 11) is 1.62. The van der Waals surface area contributed by atoms with Gasteiger partial charge in [-0.3, -0.25) is 0 Å². The SMILES string of the molecule is COc1ccc(C(O)c2cn([C@@H]3O[C@H](COCc4ccccc4)[C@@H](OCc4ccccc4)[C@H](OCc4ccccc4)[C@H]3OCc3ccccc3)c3cc(Cl)ccc23)cc1. The maximum absolute atomic E-state index is 12.0. The molecule has 6 aromatic carbocycles. The molecule has 0 aliphatic carbocycles. The van der Waals surface area contributed by atoms with Crippen molar-refractivity contribution in [3.05, 3.63) is 208 Å². The molecule has 0 radical (unpaired) electrons. The lowest BCUT2D eigenvalue weighted by Gasteiger charge is -2.46. The van der Waals surface area contributed by atoms with E-state index < -0.39 is 36.7 Å². The summed E-state index contributed by atoms with van der Waals surface area (Å²) in [4.78, 5) is 0. The van der Waals surface area contributed by atoms with Crippen molar-refractivity contribution in [2.45, 2.75) is 63.2 Å². The van der Waals surface area contributed by atoms with E-state index in [0.29, 0.717) is 48.3 Å². The van der Waals surface area contributed by atoms with Crippen LogP contribution in [0.1, 0.15) is 45.7 Å². The zero-order chi connectivity index (χ0) is 40.4. The second kappa shape index (κ2) is 19.6. The van der Waals surface area contributed by atoms with Crippen LogP contribution in [0, 0.1) is 0 Å². The summed E-state index contributed by atoms with van der Waals surface area (Å²) in [5.74, 6) is 0.704. The Morgan fingerprint density at radius 3 is 1.66 bits per heavy atom. The average Bonchev–Trinajstić information content (AvgIpc) is 3.66. The van der Waals surface area contributed by atoms with Crippen LogP contribution in [0.2, 0.25) is 5.02 Å². The second-order valence-electron chi connectivity index (χ2n) is 14.7. The summed E-state index contributed by atoms with van der Waals surface area (Å²) < 4.78 is 42.0. The van der Waals surface area contributed by atoms with Crippen molar-refractivity contribution < 1.29 is 33.5 Å². The van der Waals surface area contributed by atoms with Gasteiger partial charge in [-0.1, -0.05) is 151 Å². The fourth-order valence-corrected chi connectivity index (χ4v) is 7.80. The van der Waals surface area contributed by atoms with E-state index in [-0.39, 0.29) is 6.61 Å². The van der Waals surface area contributed by atoms with Gasteiger partial charge in [0.05, 0.1) is 45.7 Å². The van der Waals surface area contributed by atoms with Crippen LogP contribution >= 0.6 is 11.6 Å². The normalized spacial score (nSPS) is 19.7. The molecule has 1 saturated heterocycles. The molecule has 59 heavy (non-hydrogen) atoms. The topological polar surface area (TPSA) is 80.5 Å². The summed E-state index contributed by atoms with van der Waals surface area (Å²) in [5, 5.41) is 13.4. The second-order valence-corrected chi connectivity index (χ2v) is 15.1. The van der Waals surface area contributed by atoms with Gasteiger partial charge < -0.3 is 38.1 Å². The molecule has 302 valence electrons. The number of aliphatic hydroxyl groups is 1. The fourth-order valence-electron chi connectivity index (χ4n) is 7.63. The number of aromatic nitrogens is 1. The van der Waals surface area contributed by atoms with Gasteiger partial charge in [-0.2, -0.15) is 0 Å². The van der Waals surface area contributed by atoms with Gasteiger partial charge in [-0.05, 0) is 52.1 Å². The molecular formula is C50H48ClNO7. The minimum Gasteiger partial charge on any atom is -0.497 e. The molecular weight excluding hydrogens is 762 g/mol. The molecule has 0 bridgehead atoms. The Morgan fingerprint density at radius 2 is 1.12 bits per heavy atom. The monoisotopic (exact) mass is 809 g/mol. The first-order chi connectivity index (χ1) is 29.0. The first-order valence-electron chi connectivity index (χ1n) is 19.9. The molecule has 1 N–H and O–H groups in total. The fraction of sp³-hybridized carbons (Fsp3) is 0.240. The van der Waals surface area contributed by atoms with Crippen molar-refractivity contribution in [1.82, 2.24) is 4.57 Å². The number of halogens is 1. The largest absolute Gasteiger partial charge is 0.497 e. The van der Waals surface area contributed by atoms with Gasteiger partial charge >= 0.3 is 0 Å².